The number of hydrogen-bond donors (Lipinski definition) is 2. The van der Waals surface area contributed by atoms with E-state index in [1.165, 1.54) is 7.11 Å². The van der Waals surface area contributed by atoms with Gasteiger partial charge < -0.3 is 10.1 Å². The molecule has 0 aliphatic rings. The molecule has 0 bridgehead atoms. The molecule has 2 N–H and O–H groups in total. The van der Waals surface area contributed by atoms with E-state index in [2.05, 4.69) is 27.5 Å². The fraction of sp³-hybridized carbons (Fsp3) is 0.471. The van der Waals surface area contributed by atoms with Crippen molar-refractivity contribution in [1.82, 2.24) is 10.7 Å². The Bertz CT molecular complexity index is 518. The average Bonchev–Trinajstić information content (AvgIpc) is 2.59. The third-order valence-electron chi connectivity index (χ3n) is 3.31. The fourth-order valence-electron chi connectivity index (χ4n) is 2.01. The molecule has 0 fully saturated rings. The molecule has 126 valence electrons. The van der Waals surface area contributed by atoms with E-state index in [0.717, 1.165) is 43.5 Å². The predicted octanol–water partition coefficient (Wildman–Crippen LogP) is 3.00. The molecular formula is C17H25N3O2S. The Balaban J connectivity index is 2.23. The van der Waals surface area contributed by atoms with Crippen LogP contribution >= 0.6 is 12.2 Å². The van der Waals surface area contributed by atoms with Crippen molar-refractivity contribution in [1.29, 1.82) is 0 Å². The number of benzene rings is 1. The minimum atomic E-state index is -0.155. The quantitative estimate of drug-likeness (QED) is 0.239. The maximum absolute atomic E-state index is 11.0. The first-order valence-corrected chi connectivity index (χ1v) is 8.30. The molecular weight excluding hydrogens is 310 g/mol. The Morgan fingerprint density at radius 3 is 2.61 bits per heavy atom. The van der Waals surface area contributed by atoms with Gasteiger partial charge in [0.2, 0.25) is 0 Å². The SMILES string of the molecule is CC/C(=N/NC(=S)NCCCCCC(=O)OC)c1ccccc1. The third-order valence-corrected chi connectivity index (χ3v) is 3.54. The Morgan fingerprint density at radius 1 is 1.22 bits per heavy atom. The van der Waals surface area contributed by atoms with Gasteiger partial charge in [-0.05, 0) is 37.0 Å². The molecule has 0 heterocycles. The zero-order valence-electron chi connectivity index (χ0n) is 13.8. The summed E-state index contributed by atoms with van der Waals surface area (Å²) in [7, 11) is 1.41. The largest absolute Gasteiger partial charge is 0.469 e. The van der Waals surface area contributed by atoms with Gasteiger partial charge in [0, 0.05) is 13.0 Å². The van der Waals surface area contributed by atoms with Gasteiger partial charge in [0.25, 0.3) is 0 Å². The second-order valence-electron chi connectivity index (χ2n) is 5.03. The van der Waals surface area contributed by atoms with Gasteiger partial charge in [-0.25, -0.2) is 0 Å². The number of ether oxygens (including phenoxy) is 1. The lowest BCUT2D eigenvalue weighted by atomic mass is 10.1. The zero-order chi connectivity index (χ0) is 16.9. The first kappa shape index (κ1) is 19.1. The van der Waals surface area contributed by atoms with Gasteiger partial charge in [-0.15, -0.1) is 0 Å². The molecule has 0 unspecified atom stereocenters. The summed E-state index contributed by atoms with van der Waals surface area (Å²) < 4.78 is 4.60. The summed E-state index contributed by atoms with van der Waals surface area (Å²) in [5.74, 6) is -0.155. The standard InChI is InChI=1S/C17H25N3O2S/c1-3-15(14-10-6-4-7-11-14)19-20-17(23)18-13-9-5-8-12-16(21)22-2/h4,6-7,10-11H,3,5,8-9,12-13H2,1-2H3,(H2,18,20,23)/b19-15-. The molecule has 1 aromatic carbocycles. The zero-order valence-corrected chi connectivity index (χ0v) is 14.6. The summed E-state index contributed by atoms with van der Waals surface area (Å²) in [6, 6.07) is 10.0. The van der Waals surface area contributed by atoms with Gasteiger partial charge in [-0.1, -0.05) is 43.7 Å². The lowest BCUT2D eigenvalue weighted by Crippen LogP contribution is -2.33. The van der Waals surface area contributed by atoms with E-state index >= 15 is 0 Å². The first-order chi connectivity index (χ1) is 11.2. The smallest absolute Gasteiger partial charge is 0.305 e. The summed E-state index contributed by atoms with van der Waals surface area (Å²) in [6.45, 7) is 2.82. The molecule has 0 saturated carbocycles. The number of nitrogens with zero attached hydrogens (tertiary/aromatic N) is 1. The lowest BCUT2D eigenvalue weighted by molar-refractivity contribution is -0.140. The number of esters is 1. The summed E-state index contributed by atoms with van der Waals surface area (Å²) in [6.07, 6.45) is 4.04. The number of rotatable bonds is 9. The second kappa shape index (κ2) is 11.6. The van der Waals surface area contributed by atoms with Gasteiger partial charge >= 0.3 is 5.97 Å². The van der Waals surface area contributed by atoms with Crippen molar-refractivity contribution < 1.29 is 9.53 Å². The van der Waals surface area contributed by atoms with Crippen molar-refractivity contribution in [2.24, 2.45) is 5.10 Å². The molecule has 23 heavy (non-hydrogen) atoms. The maximum Gasteiger partial charge on any atom is 0.305 e. The number of thiocarbonyl (C=S) groups is 1. The summed E-state index contributed by atoms with van der Waals surface area (Å²) in [5, 5.41) is 7.99. The van der Waals surface area contributed by atoms with Crippen LogP contribution in [0.4, 0.5) is 0 Å². The van der Waals surface area contributed by atoms with E-state index < -0.39 is 0 Å². The van der Waals surface area contributed by atoms with E-state index in [9.17, 15) is 4.79 Å². The molecule has 0 spiro atoms. The monoisotopic (exact) mass is 335 g/mol. The van der Waals surface area contributed by atoms with Crippen molar-refractivity contribution in [3.63, 3.8) is 0 Å². The highest BCUT2D eigenvalue weighted by Crippen LogP contribution is 2.03. The number of carbonyl (C=O) groups excluding carboxylic acids is 1. The first-order valence-electron chi connectivity index (χ1n) is 7.90. The van der Waals surface area contributed by atoms with Gasteiger partial charge in [0.15, 0.2) is 5.11 Å². The van der Waals surface area contributed by atoms with Gasteiger partial charge in [0.05, 0.1) is 12.8 Å². The van der Waals surface area contributed by atoms with Gasteiger partial charge in [-0.3, -0.25) is 10.2 Å². The minimum absolute atomic E-state index is 0.155. The molecule has 0 radical (unpaired) electrons. The predicted molar refractivity (Wildman–Crippen MR) is 97.5 cm³/mol. The highest BCUT2D eigenvalue weighted by molar-refractivity contribution is 7.80. The van der Waals surface area contributed by atoms with Crippen LogP contribution in [0, 0.1) is 0 Å². The molecule has 0 aliphatic heterocycles. The van der Waals surface area contributed by atoms with Crippen molar-refractivity contribution in [2.75, 3.05) is 13.7 Å². The van der Waals surface area contributed by atoms with Crippen LogP contribution in [0.3, 0.4) is 0 Å². The topological polar surface area (TPSA) is 62.7 Å². The molecule has 5 nitrogen and oxygen atoms in total. The molecule has 0 aromatic heterocycles. The van der Waals surface area contributed by atoms with Crippen LogP contribution in [-0.2, 0) is 9.53 Å². The third kappa shape index (κ3) is 8.30. The van der Waals surface area contributed by atoms with Crippen molar-refractivity contribution in [2.45, 2.75) is 39.0 Å². The normalized spacial score (nSPS) is 11.0. The number of methoxy groups -OCH3 is 1. The number of hydrazone groups is 1. The molecule has 0 amide bonds. The molecule has 1 rings (SSSR count). The van der Waals surface area contributed by atoms with Crippen LogP contribution in [0.15, 0.2) is 35.4 Å². The lowest BCUT2D eigenvalue weighted by Gasteiger charge is -2.09. The Morgan fingerprint density at radius 2 is 1.96 bits per heavy atom. The van der Waals surface area contributed by atoms with Crippen LogP contribution in [-0.4, -0.2) is 30.4 Å². The Kier molecular flexibility index (Phi) is 9.63. The van der Waals surface area contributed by atoms with Crippen LogP contribution in [0.25, 0.3) is 0 Å². The van der Waals surface area contributed by atoms with Crippen LogP contribution in [0.2, 0.25) is 0 Å². The maximum atomic E-state index is 11.0. The van der Waals surface area contributed by atoms with Crippen molar-refractivity contribution in [3.8, 4) is 0 Å². The van der Waals surface area contributed by atoms with Crippen molar-refractivity contribution >= 4 is 29.0 Å². The second-order valence-corrected chi connectivity index (χ2v) is 5.44. The average molecular weight is 335 g/mol. The molecule has 6 heteroatoms. The number of hydrogen-bond acceptors (Lipinski definition) is 4. The number of unbranched alkanes of at least 4 members (excludes halogenated alkanes) is 2. The van der Waals surface area contributed by atoms with E-state index in [1.807, 2.05) is 30.3 Å². The molecule has 1 aromatic rings. The van der Waals surface area contributed by atoms with E-state index in [4.69, 9.17) is 12.2 Å². The van der Waals surface area contributed by atoms with Crippen molar-refractivity contribution in [3.05, 3.63) is 35.9 Å². The van der Waals surface area contributed by atoms with Crippen LogP contribution in [0.1, 0.15) is 44.6 Å². The minimum Gasteiger partial charge on any atom is -0.469 e. The number of carbonyl (C=O) groups is 1. The summed E-state index contributed by atoms with van der Waals surface area (Å²) >= 11 is 5.21. The van der Waals surface area contributed by atoms with E-state index in [0.29, 0.717) is 11.5 Å². The fourth-order valence-corrected chi connectivity index (χ4v) is 2.16. The molecule has 0 aliphatic carbocycles. The van der Waals surface area contributed by atoms with Crippen LogP contribution < -0.4 is 10.7 Å². The van der Waals surface area contributed by atoms with E-state index in [1.54, 1.807) is 0 Å². The Hall–Kier alpha value is -1.95. The highest BCUT2D eigenvalue weighted by Gasteiger charge is 2.01. The van der Waals surface area contributed by atoms with Gasteiger partial charge in [-0.2, -0.15) is 5.10 Å². The van der Waals surface area contributed by atoms with Gasteiger partial charge in [0.1, 0.15) is 0 Å². The Labute approximate surface area is 143 Å². The summed E-state index contributed by atoms with van der Waals surface area (Å²) in [5.41, 5.74) is 4.94. The molecule has 0 saturated heterocycles. The molecule has 0 atom stereocenters. The van der Waals surface area contributed by atoms with E-state index in [-0.39, 0.29) is 5.97 Å². The van der Waals surface area contributed by atoms with Crippen LogP contribution in [0.5, 0.6) is 0 Å². The number of nitrogens with one attached hydrogen (secondary N) is 2. The highest BCUT2D eigenvalue weighted by atomic mass is 32.1. The summed E-state index contributed by atoms with van der Waals surface area (Å²) in [4.78, 5) is 11.0.